The molecule has 0 bridgehead atoms. The van der Waals surface area contributed by atoms with Crippen LogP contribution in [-0.4, -0.2) is 49.9 Å². The summed E-state index contributed by atoms with van der Waals surface area (Å²) >= 11 is 0. The van der Waals surface area contributed by atoms with Gasteiger partial charge in [0.1, 0.15) is 11.5 Å². The average molecular weight is 433 g/mol. The number of hydrogen-bond donors (Lipinski definition) is 1. The molecule has 1 atom stereocenters. The molecule has 0 saturated carbocycles. The SMILES string of the molecule is COc1ccccc1C1CNCCN1C(=O)CCCOc1cccc(C(C)=O)c1.Cl. The van der Waals surface area contributed by atoms with Gasteiger partial charge >= 0.3 is 0 Å². The molecule has 0 aliphatic carbocycles. The first-order valence-corrected chi connectivity index (χ1v) is 9.97. The molecule has 30 heavy (non-hydrogen) atoms. The van der Waals surface area contributed by atoms with Crippen molar-refractivity contribution in [2.75, 3.05) is 33.4 Å². The number of halogens is 1. The number of nitrogens with one attached hydrogen (secondary N) is 1. The van der Waals surface area contributed by atoms with Gasteiger partial charge in [0.15, 0.2) is 5.78 Å². The topological polar surface area (TPSA) is 67.9 Å². The number of piperazine rings is 1. The summed E-state index contributed by atoms with van der Waals surface area (Å²) in [4.78, 5) is 26.3. The van der Waals surface area contributed by atoms with Gasteiger partial charge in [-0.1, -0.05) is 30.3 Å². The van der Waals surface area contributed by atoms with Gasteiger partial charge in [-0.25, -0.2) is 0 Å². The van der Waals surface area contributed by atoms with E-state index in [1.807, 2.05) is 35.2 Å². The fourth-order valence-electron chi connectivity index (χ4n) is 3.58. The van der Waals surface area contributed by atoms with Crippen LogP contribution in [0.15, 0.2) is 48.5 Å². The Kier molecular flexibility index (Phi) is 9.15. The molecule has 1 amide bonds. The smallest absolute Gasteiger partial charge is 0.223 e. The summed E-state index contributed by atoms with van der Waals surface area (Å²) in [5.41, 5.74) is 1.65. The lowest BCUT2D eigenvalue weighted by Crippen LogP contribution is -2.48. The molecule has 0 aromatic heterocycles. The second kappa shape index (κ2) is 11.6. The van der Waals surface area contributed by atoms with Crippen molar-refractivity contribution in [3.05, 3.63) is 59.7 Å². The summed E-state index contributed by atoms with van der Waals surface area (Å²) in [7, 11) is 1.65. The summed E-state index contributed by atoms with van der Waals surface area (Å²) in [5, 5.41) is 3.37. The molecule has 2 aromatic carbocycles. The Hall–Kier alpha value is -2.57. The average Bonchev–Trinajstić information content (AvgIpc) is 2.76. The normalized spacial score (nSPS) is 15.8. The fourth-order valence-corrected chi connectivity index (χ4v) is 3.58. The molecular formula is C23H29ClN2O4. The molecule has 6 nitrogen and oxygen atoms in total. The van der Waals surface area contributed by atoms with Crippen molar-refractivity contribution in [3.8, 4) is 11.5 Å². The van der Waals surface area contributed by atoms with E-state index in [1.165, 1.54) is 6.92 Å². The quantitative estimate of drug-likeness (QED) is 0.509. The molecule has 1 aliphatic rings. The number of rotatable bonds is 8. The van der Waals surface area contributed by atoms with Crippen LogP contribution in [0.1, 0.15) is 41.7 Å². The lowest BCUT2D eigenvalue weighted by atomic mass is 10.0. The van der Waals surface area contributed by atoms with Crippen LogP contribution in [-0.2, 0) is 4.79 Å². The van der Waals surface area contributed by atoms with E-state index in [-0.39, 0.29) is 30.1 Å². The van der Waals surface area contributed by atoms with Gasteiger partial charge < -0.3 is 19.7 Å². The highest BCUT2D eigenvalue weighted by atomic mass is 35.5. The highest BCUT2D eigenvalue weighted by molar-refractivity contribution is 5.94. The number of para-hydroxylation sites is 1. The van der Waals surface area contributed by atoms with Gasteiger partial charge in [-0.15, -0.1) is 12.4 Å². The Morgan fingerprint density at radius 1 is 1.17 bits per heavy atom. The van der Waals surface area contributed by atoms with Crippen LogP contribution in [0, 0.1) is 0 Å². The molecule has 1 aliphatic heterocycles. The van der Waals surface area contributed by atoms with Crippen LogP contribution < -0.4 is 14.8 Å². The minimum Gasteiger partial charge on any atom is -0.496 e. The van der Waals surface area contributed by atoms with Crippen LogP contribution in [0.2, 0.25) is 0 Å². The molecule has 162 valence electrons. The summed E-state index contributed by atoms with van der Waals surface area (Å²) in [6.45, 7) is 4.12. The standard InChI is InChI=1S/C23H28N2O4.ClH/c1-17(26)18-7-5-8-19(15-18)29-14-6-11-23(27)25-13-12-24-16-21(25)20-9-3-4-10-22(20)28-2;/h3-5,7-10,15,21,24H,6,11-14,16H2,1-2H3;1H. The van der Waals surface area contributed by atoms with Crippen molar-refractivity contribution in [2.24, 2.45) is 0 Å². The number of methoxy groups -OCH3 is 1. The molecule has 1 fully saturated rings. The molecule has 2 aromatic rings. The van der Waals surface area contributed by atoms with E-state index in [1.54, 1.807) is 25.3 Å². The van der Waals surface area contributed by atoms with E-state index in [0.29, 0.717) is 43.9 Å². The van der Waals surface area contributed by atoms with E-state index in [9.17, 15) is 9.59 Å². The highest BCUT2D eigenvalue weighted by Crippen LogP contribution is 2.30. The molecular weight excluding hydrogens is 404 g/mol. The van der Waals surface area contributed by atoms with Gasteiger partial charge in [-0.2, -0.15) is 0 Å². The molecule has 1 heterocycles. The van der Waals surface area contributed by atoms with Gasteiger partial charge in [-0.3, -0.25) is 9.59 Å². The molecule has 0 radical (unpaired) electrons. The minimum absolute atomic E-state index is 0. The van der Waals surface area contributed by atoms with Gasteiger partial charge in [0.05, 0.1) is 19.8 Å². The first kappa shape index (κ1) is 23.7. The molecule has 0 spiro atoms. The second-order valence-corrected chi connectivity index (χ2v) is 7.09. The lowest BCUT2D eigenvalue weighted by Gasteiger charge is -2.37. The number of hydrogen-bond acceptors (Lipinski definition) is 5. The van der Waals surface area contributed by atoms with Crippen LogP contribution in [0.4, 0.5) is 0 Å². The first-order chi connectivity index (χ1) is 14.1. The van der Waals surface area contributed by atoms with Crippen molar-refractivity contribution in [1.82, 2.24) is 10.2 Å². The Labute approximate surface area is 184 Å². The number of ketones is 1. The molecule has 1 unspecified atom stereocenters. The number of ether oxygens (including phenoxy) is 2. The third-order valence-corrected chi connectivity index (χ3v) is 5.11. The number of nitrogens with zero attached hydrogens (tertiary/aromatic N) is 1. The van der Waals surface area contributed by atoms with E-state index in [2.05, 4.69) is 5.32 Å². The predicted molar refractivity (Wildman–Crippen MR) is 119 cm³/mol. The predicted octanol–water partition coefficient (Wildman–Crippen LogP) is 3.65. The van der Waals surface area contributed by atoms with Gasteiger partial charge in [0.2, 0.25) is 5.91 Å². The van der Waals surface area contributed by atoms with E-state index in [0.717, 1.165) is 17.9 Å². The van der Waals surface area contributed by atoms with Crippen LogP contribution in [0.3, 0.4) is 0 Å². The largest absolute Gasteiger partial charge is 0.496 e. The van der Waals surface area contributed by atoms with Crippen LogP contribution >= 0.6 is 12.4 Å². The molecule has 1 N–H and O–H groups in total. The van der Waals surface area contributed by atoms with Gasteiger partial charge in [0.25, 0.3) is 0 Å². The number of Topliss-reactive ketones (excluding diaryl/α,β-unsaturated/α-hetero) is 1. The van der Waals surface area contributed by atoms with Crippen LogP contribution in [0.25, 0.3) is 0 Å². The Morgan fingerprint density at radius 3 is 2.73 bits per heavy atom. The number of amides is 1. The summed E-state index contributed by atoms with van der Waals surface area (Å²) < 4.78 is 11.2. The van der Waals surface area contributed by atoms with E-state index >= 15 is 0 Å². The molecule has 7 heteroatoms. The van der Waals surface area contributed by atoms with Crippen molar-refractivity contribution in [2.45, 2.75) is 25.8 Å². The maximum Gasteiger partial charge on any atom is 0.223 e. The zero-order chi connectivity index (χ0) is 20.6. The van der Waals surface area contributed by atoms with Crippen molar-refractivity contribution >= 4 is 24.1 Å². The third-order valence-electron chi connectivity index (χ3n) is 5.11. The minimum atomic E-state index is -0.0411. The number of carbonyl (C=O) groups is 2. The first-order valence-electron chi connectivity index (χ1n) is 9.97. The Morgan fingerprint density at radius 2 is 1.97 bits per heavy atom. The Bertz CT molecular complexity index is 859. The zero-order valence-corrected chi connectivity index (χ0v) is 18.2. The Balaban J connectivity index is 0.00000320. The zero-order valence-electron chi connectivity index (χ0n) is 17.4. The van der Waals surface area contributed by atoms with Crippen molar-refractivity contribution in [3.63, 3.8) is 0 Å². The fraction of sp³-hybridized carbons (Fsp3) is 0.391. The van der Waals surface area contributed by atoms with Crippen molar-refractivity contribution < 1.29 is 19.1 Å². The highest BCUT2D eigenvalue weighted by Gasteiger charge is 2.29. The van der Waals surface area contributed by atoms with Crippen LogP contribution in [0.5, 0.6) is 11.5 Å². The van der Waals surface area contributed by atoms with E-state index in [4.69, 9.17) is 9.47 Å². The van der Waals surface area contributed by atoms with Gasteiger partial charge in [-0.05, 0) is 31.5 Å². The summed E-state index contributed by atoms with van der Waals surface area (Å²) in [6.07, 6.45) is 1.03. The molecule has 3 rings (SSSR count). The lowest BCUT2D eigenvalue weighted by molar-refractivity contribution is -0.134. The maximum atomic E-state index is 12.9. The van der Waals surface area contributed by atoms with Gasteiger partial charge in [0, 0.05) is 37.2 Å². The number of benzene rings is 2. The molecule has 1 saturated heterocycles. The monoisotopic (exact) mass is 432 g/mol. The summed E-state index contributed by atoms with van der Waals surface area (Å²) in [6, 6.07) is 14.9. The second-order valence-electron chi connectivity index (χ2n) is 7.09. The number of carbonyl (C=O) groups excluding carboxylic acids is 2. The van der Waals surface area contributed by atoms with E-state index < -0.39 is 0 Å². The summed E-state index contributed by atoms with van der Waals surface area (Å²) in [5.74, 6) is 1.57. The third kappa shape index (κ3) is 5.97. The maximum absolute atomic E-state index is 12.9. The van der Waals surface area contributed by atoms with Crippen molar-refractivity contribution in [1.29, 1.82) is 0 Å².